The fraction of sp³-hybridized carbons (Fsp3) is 0.154. The van der Waals surface area contributed by atoms with E-state index in [2.05, 4.69) is 16.8 Å². The molecule has 0 aliphatic carbocycles. The number of halogens is 3. The number of Topliss-reactive ketones (excluding diaryl/α,β-unsaturated/α-hetero) is 2. The van der Waals surface area contributed by atoms with E-state index in [1.165, 1.54) is 18.3 Å². The molecule has 0 atom stereocenters. The zero-order chi connectivity index (χ0) is 24.9. The summed E-state index contributed by atoms with van der Waals surface area (Å²) in [6, 6.07) is 12.9. The average Bonchev–Trinajstić information content (AvgIpc) is 2.76. The van der Waals surface area contributed by atoms with Crippen molar-refractivity contribution in [2.75, 3.05) is 0 Å². The van der Waals surface area contributed by atoms with Crippen molar-refractivity contribution in [1.82, 2.24) is 4.98 Å². The summed E-state index contributed by atoms with van der Waals surface area (Å²) >= 11 is 0. The van der Waals surface area contributed by atoms with E-state index in [0.717, 1.165) is 17.7 Å². The van der Waals surface area contributed by atoms with Gasteiger partial charge in [-0.2, -0.15) is 13.2 Å². The molecule has 172 valence electrons. The number of aromatic nitrogens is 1. The van der Waals surface area contributed by atoms with Crippen LogP contribution >= 0.6 is 0 Å². The molecule has 34 heavy (non-hydrogen) atoms. The summed E-state index contributed by atoms with van der Waals surface area (Å²) < 4.78 is 40.6. The summed E-state index contributed by atoms with van der Waals surface area (Å²) in [7, 11) is 0. The second-order valence-electron chi connectivity index (χ2n) is 7.64. The Hall–Kier alpha value is -4.25. The van der Waals surface area contributed by atoms with Crippen molar-refractivity contribution >= 4 is 17.4 Å². The Balaban J connectivity index is 1.96. The first-order valence-corrected chi connectivity index (χ1v) is 10.2. The van der Waals surface area contributed by atoms with Crippen molar-refractivity contribution in [1.29, 1.82) is 5.41 Å². The second-order valence-corrected chi connectivity index (χ2v) is 7.64. The summed E-state index contributed by atoms with van der Waals surface area (Å²) in [5.74, 6) is 4.29. The number of amidine groups is 1. The topological polar surface area (TPSA) is 96.9 Å². The van der Waals surface area contributed by atoms with Crippen molar-refractivity contribution in [2.45, 2.75) is 25.9 Å². The second kappa shape index (κ2) is 10.1. The zero-order valence-electron chi connectivity index (χ0n) is 18.2. The lowest BCUT2D eigenvalue weighted by atomic mass is 9.97. The Morgan fingerprint density at radius 1 is 1.00 bits per heavy atom. The van der Waals surface area contributed by atoms with Crippen molar-refractivity contribution in [3.05, 3.63) is 99.9 Å². The normalized spacial score (nSPS) is 10.8. The van der Waals surface area contributed by atoms with E-state index < -0.39 is 23.1 Å². The molecule has 0 saturated carbocycles. The van der Waals surface area contributed by atoms with Crippen LogP contribution in [0.3, 0.4) is 0 Å². The van der Waals surface area contributed by atoms with Gasteiger partial charge in [0, 0.05) is 34.1 Å². The lowest BCUT2D eigenvalue weighted by Crippen LogP contribution is -2.15. The van der Waals surface area contributed by atoms with Gasteiger partial charge in [-0.15, -0.1) is 0 Å². The average molecular weight is 463 g/mol. The molecule has 0 saturated heterocycles. The minimum Gasteiger partial charge on any atom is -0.387 e. The number of nitrogens with two attached hydrogens (primary N) is 1. The Morgan fingerprint density at radius 3 is 2.38 bits per heavy atom. The number of nitrogens with zero attached hydrogens (tertiary/aromatic N) is 1. The number of hydrogen-bond acceptors (Lipinski definition) is 4. The summed E-state index contributed by atoms with van der Waals surface area (Å²) in [4.78, 5) is 28.9. The molecule has 2 aromatic carbocycles. The zero-order valence-corrected chi connectivity index (χ0v) is 18.2. The molecule has 1 heterocycles. The first-order chi connectivity index (χ1) is 16.0. The van der Waals surface area contributed by atoms with Crippen molar-refractivity contribution in [3.8, 4) is 11.8 Å². The quantitative estimate of drug-likeness (QED) is 0.239. The fourth-order valence-corrected chi connectivity index (χ4v) is 3.30. The predicted octanol–water partition coefficient (Wildman–Crippen LogP) is 4.74. The molecule has 0 unspecified atom stereocenters. The number of carbonyl (C=O) groups excluding carboxylic acids is 2. The first kappa shape index (κ1) is 24.4. The first-order valence-electron chi connectivity index (χ1n) is 10.2. The predicted molar refractivity (Wildman–Crippen MR) is 122 cm³/mol. The Morgan fingerprint density at radius 2 is 1.74 bits per heavy atom. The van der Waals surface area contributed by atoms with Crippen LogP contribution in [0.5, 0.6) is 0 Å². The highest BCUT2D eigenvalue weighted by Crippen LogP contribution is 2.33. The molecule has 0 spiro atoms. The highest BCUT2D eigenvalue weighted by Gasteiger charge is 2.35. The van der Waals surface area contributed by atoms with E-state index in [4.69, 9.17) is 11.1 Å². The maximum absolute atomic E-state index is 13.5. The largest absolute Gasteiger partial charge is 0.417 e. The number of hydrogen-bond donors (Lipinski definition) is 2. The van der Waals surface area contributed by atoms with Gasteiger partial charge in [0.25, 0.3) is 0 Å². The van der Waals surface area contributed by atoms with Gasteiger partial charge in [0.15, 0.2) is 11.6 Å². The van der Waals surface area contributed by atoms with Gasteiger partial charge in [-0.3, -0.25) is 20.0 Å². The summed E-state index contributed by atoms with van der Waals surface area (Å²) in [5, 5.41) is 7.28. The third-order valence-corrected chi connectivity index (χ3v) is 4.79. The molecule has 1 aromatic heterocycles. The number of alkyl halides is 3. The third kappa shape index (κ3) is 6.39. The van der Waals surface area contributed by atoms with Crippen molar-refractivity contribution < 1.29 is 22.8 Å². The fourth-order valence-electron chi connectivity index (χ4n) is 3.30. The van der Waals surface area contributed by atoms with Gasteiger partial charge in [0.05, 0.1) is 24.2 Å². The van der Waals surface area contributed by atoms with Crippen molar-refractivity contribution in [3.63, 3.8) is 0 Å². The summed E-state index contributed by atoms with van der Waals surface area (Å²) in [6.07, 6.45) is -3.74. The lowest BCUT2D eigenvalue weighted by Gasteiger charge is -2.12. The van der Waals surface area contributed by atoms with Gasteiger partial charge in [0.2, 0.25) is 0 Å². The van der Waals surface area contributed by atoms with E-state index in [0.29, 0.717) is 16.8 Å². The smallest absolute Gasteiger partial charge is 0.387 e. The van der Waals surface area contributed by atoms with E-state index in [1.807, 2.05) is 0 Å². The molecule has 5 nitrogen and oxygen atoms in total. The van der Waals surface area contributed by atoms with Crippen LogP contribution in [0.1, 0.15) is 55.1 Å². The molecule has 0 aliphatic heterocycles. The van der Waals surface area contributed by atoms with Crippen LogP contribution in [0.25, 0.3) is 0 Å². The van der Waals surface area contributed by atoms with E-state index in [-0.39, 0.29) is 30.0 Å². The molecule has 3 N–H and O–H groups in total. The maximum Gasteiger partial charge on any atom is 0.417 e. The molecule has 0 bridgehead atoms. The molecular weight excluding hydrogens is 443 g/mol. The molecule has 0 fully saturated rings. The van der Waals surface area contributed by atoms with Gasteiger partial charge in [-0.05, 0) is 61.0 Å². The van der Waals surface area contributed by atoms with Crippen LogP contribution in [0.2, 0.25) is 0 Å². The maximum atomic E-state index is 13.5. The molecule has 8 heteroatoms. The van der Waals surface area contributed by atoms with Gasteiger partial charge < -0.3 is 5.73 Å². The summed E-state index contributed by atoms with van der Waals surface area (Å²) in [6.45, 7) is 1.77. The van der Waals surface area contributed by atoms with Gasteiger partial charge in [-0.25, -0.2) is 0 Å². The number of ketones is 2. The number of nitrogens with one attached hydrogen (secondary N) is 1. The lowest BCUT2D eigenvalue weighted by molar-refractivity contribution is -0.137. The van der Waals surface area contributed by atoms with Crippen LogP contribution in [0.4, 0.5) is 13.2 Å². The van der Waals surface area contributed by atoms with E-state index >= 15 is 0 Å². The van der Waals surface area contributed by atoms with Crippen LogP contribution in [0, 0.1) is 24.2 Å². The number of aryl methyl sites for hydroxylation is 1. The number of carbonyl (C=O) groups is 2. The molecule has 3 rings (SSSR count). The van der Waals surface area contributed by atoms with E-state index in [1.54, 1.807) is 37.3 Å². The Labute approximate surface area is 194 Å². The highest BCUT2D eigenvalue weighted by atomic mass is 19.4. The van der Waals surface area contributed by atoms with Gasteiger partial charge in [-0.1, -0.05) is 17.9 Å². The monoisotopic (exact) mass is 463 g/mol. The summed E-state index contributed by atoms with van der Waals surface area (Å²) in [5.41, 5.74) is 5.90. The van der Waals surface area contributed by atoms with Gasteiger partial charge >= 0.3 is 6.18 Å². The van der Waals surface area contributed by atoms with Crippen molar-refractivity contribution in [2.24, 2.45) is 5.73 Å². The standard InChI is InChI=1S/C26H20F3N3O2/c1-16-10-18(12-19(11-16)23(33)15-25(30)31)6-5-17-7-8-22(26(27,28)29)21(13-17)24(34)14-20-4-2-3-9-32-20/h2-4,7-13H,14-15H2,1H3,(H3,30,31). The molecule has 0 aliphatic rings. The van der Waals surface area contributed by atoms with Crippen LogP contribution in [-0.2, 0) is 12.6 Å². The van der Waals surface area contributed by atoms with Gasteiger partial charge in [0.1, 0.15) is 0 Å². The molecular formula is C26H20F3N3O2. The van der Waals surface area contributed by atoms with E-state index in [9.17, 15) is 22.8 Å². The molecule has 0 amide bonds. The number of pyridine rings is 1. The Bertz CT molecular complexity index is 1320. The molecule has 3 aromatic rings. The number of benzene rings is 2. The SMILES string of the molecule is Cc1cc(C#Cc2ccc(C(F)(F)F)c(C(=O)Cc3ccccn3)c2)cc(C(=O)CC(=N)N)c1. The third-order valence-electron chi connectivity index (χ3n) is 4.79. The highest BCUT2D eigenvalue weighted by molar-refractivity contribution is 6.08. The Kier molecular flexibility index (Phi) is 7.27. The van der Waals surface area contributed by atoms with Crippen LogP contribution in [-0.4, -0.2) is 22.4 Å². The minimum absolute atomic E-state index is 0.218. The van der Waals surface area contributed by atoms with Crippen LogP contribution in [0.15, 0.2) is 60.8 Å². The molecule has 0 radical (unpaired) electrons. The number of rotatable bonds is 6. The minimum atomic E-state index is -4.70. The van der Waals surface area contributed by atoms with Crippen LogP contribution < -0.4 is 5.73 Å².